The van der Waals surface area contributed by atoms with E-state index in [4.69, 9.17) is 10.00 Å². The summed E-state index contributed by atoms with van der Waals surface area (Å²) < 4.78 is 5.11. The first-order chi connectivity index (χ1) is 8.31. The smallest absolute Gasteiger partial charge is 0.145 e. The Hall–Kier alpha value is -2.61. The summed E-state index contributed by atoms with van der Waals surface area (Å²) in [6.45, 7) is 0. The molecular weight excluding hydrogens is 216 g/mol. The maximum absolute atomic E-state index is 8.72. The van der Waals surface area contributed by atoms with E-state index >= 15 is 0 Å². The minimum absolute atomic E-state index is 0.324. The highest BCUT2D eigenvalue weighted by Gasteiger charge is 1.99. The normalized spacial score (nSPS) is 9.41. The summed E-state index contributed by atoms with van der Waals surface area (Å²) in [6, 6.07) is 11.0. The Morgan fingerprint density at radius 3 is 2.94 bits per heavy atom. The van der Waals surface area contributed by atoms with Crippen molar-refractivity contribution < 1.29 is 4.74 Å². The number of anilines is 2. The van der Waals surface area contributed by atoms with Crippen molar-refractivity contribution in [3.05, 3.63) is 42.4 Å². The summed E-state index contributed by atoms with van der Waals surface area (Å²) in [4.78, 5) is 7.82. The number of hydrogen-bond donors (Lipinski definition) is 1. The molecule has 2 aromatic rings. The molecule has 0 spiro atoms. The lowest BCUT2D eigenvalue weighted by Crippen LogP contribution is -1.95. The zero-order chi connectivity index (χ0) is 12.1. The van der Waals surface area contributed by atoms with Gasteiger partial charge < -0.3 is 10.1 Å². The monoisotopic (exact) mass is 226 g/mol. The number of methoxy groups -OCH3 is 1. The fourth-order valence-corrected chi connectivity index (χ4v) is 1.34. The molecule has 0 fully saturated rings. The first kappa shape index (κ1) is 10.9. The van der Waals surface area contributed by atoms with Gasteiger partial charge in [0.25, 0.3) is 0 Å². The van der Waals surface area contributed by atoms with Crippen LogP contribution in [0.2, 0.25) is 0 Å². The number of benzene rings is 1. The maximum Gasteiger partial charge on any atom is 0.145 e. The van der Waals surface area contributed by atoms with E-state index in [1.807, 2.05) is 30.3 Å². The van der Waals surface area contributed by atoms with Gasteiger partial charge in [-0.3, -0.25) is 0 Å². The lowest BCUT2D eigenvalue weighted by molar-refractivity contribution is 0.415. The molecule has 0 aliphatic heterocycles. The maximum atomic E-state index is 8.72. The minimum atomic E-state index is 0.324. The standard InChI is InChI=1S/C12H10N4O/c1-17-11-4-2-3-9(5-11)16-12-6-10(7-13)14-8-15-12/h2-6,8H,1H3,(H,14,15,16). The largest absolute Gasteiger partial charge is 0.497 e. The summed E-state index contributed by atoms with van der Waals surface area (Å²) in [7, 11) is 1.61. The molecule has 0 saturated heterocycles. The van der Waals surface area contributed by atoms with Crippen LogP contribution in [0.25, 0.3) is 0 Å². The zero-order valence-electron chi connectivity index (χ0n) is 9.21. The van der Waals surface area contributed by atoms with Crippen LogP contribution in [0.3, 0.4) is 0 Å². The van der Waals surface area contributed by atoms with E-state index < -0.39 is 0 Å². The van der Waals surface area contributed by atoms with E-state index in [0.29, 0.717) is 11.5 Å². The van der Waals surface area contributed by atoms with Gasteiger partial charge in [0.15, 0.2) is 0 Å². The molecule has 0 bridgehead atoms. The van der Waals surface area contributed by atoms with E-state index in [-0.39, 0.29) is 0 Å². The molecule has 0 saturated carbocycles. The van der Waals surface area contributed by atoms with Gasteiger partial charge >= 0.3 is 0 Å². The van der Waals surface area contributed by atoms with Crippen molar-refractivity contribution in [1.29, 1.82) is 5.26 Å². The van der Waals surface area contributed by atoms with Crippen LogP contribution in [-0.2, 0) is 0 Å². The second-order valence-corrected chi connectivity index (χ2v) is 3.26. The van der Waals surface area contributed by atoms with E-state index in [0.717, 1.165) is 11.4 Å². The Morgan fingerprint density at radius 1 is 1.29 bits per heavy atom. The summed E-state index contributed by atoms with van der Waals surface area (Å²) in [5.41, 5.74) is 1.16. The van der Waals surface area contributed by atoms with Gasteiger partial charge in [0.05, 0.1) is 7.11 Å². The highest BCUT2D eigenvalue weighted by Crippen LogP contribution is 2.19. The summed E-state index contributed by atoms with van der Waals surface area (Å²) in [5.74, 6) is 1.33. The van der Waals surface area contributed by atoms with Crippen molar-refractivity contribution in [2.45, 2.75) is 0 Å². The van der Waals surface area contributed by atoms with Crippen LogP contribution in [0.15, 0.2) is 36.7 Å². The molecule has 0 radical (unpaired) electrons. The fourth-order valence-electron chi connectivity index (χ4n) is 1.34. The zero-order valence-corrected chi connectivity index (χ0v) is 9.21. The Kier molecular flexibility index (Phi) is 3.17. The molecule has 84 valence electrons. The molecule has 0 amide bonds. The molecule has 0 unspecified atom stereocenters. The van der Waals surface area contributed by atoms with Gasteiger partial charge in [0.2, 0.25) is 0 Å². The summed E-state index contributed by atoms with van der Waals surface area (Å²) >= 11 is 0. The molecule has 5 nitrogen and oxygen atoms in total. The van der Waals surface area contributed by atoms with Gasteiger partial charge in [-0.25, -0.2) is 9.97 Å². The lowest BCUT2D eigenvalue weighted by atomic mass is 10.3. The first-order valence-electron chi connectivity index (χ1n) is 4.95. The van der Waals surface area contributed by atoms with Gasteiger partial charge in [-0.2, -0.15) is 5.26 Å². The lowest BCUT2D eigenvalue weighted by Gasteiger charge is -2.06. The summed E-state index contributed by atoms with van der Waals surface area (Å²) in [6.07, 6.45) is 1.35. The Morgan fingerprint density at radius 2 is 2.18 bits per heavy atom. The molecule has 1 heterocycles. The second kappa shape index (κ2) is 4.94. The number of hydrogen-bond acceptors (Lipinski definition) is 5. The number of nitrogens with zero attached hydrogens (tertiary/aromatic N) is 3. The van der Waals surface area contributed by atoms with Crippen LogP contribution < -0.4 is 10.1 Å². The van der Waals surface area contributed by atoms with Gasteiger partial charge in [0, 0.05) is 17.8 Å². The van der Waals surface area contributed by atoms with Crippen molar-refractivity contribution in [1.82, 2.24) is 9.97 Å². The first-order valence-corrected chi connectivity index (χ1v) is 4.95. The second-order valence-electron chi connectivity index (χ2n) is 3.26. The quantitative estimate of drug-likeness (QED) is 0.867. The Balaban J connectivity index is 2.22. The molecular formula is C12H10N4O. The number of nitriles is 1. The highest BCUT2D eigenvalue weighted by atomic mass is 16.5. The van der Waals surface area contributed by atoms with E-state index in [1.54, 1.807) is 13.2 Å². The van der Waals surface area contributed by atoms with Gasteiger partial charge in [-0.15, -0.1) is 0 Å². The van der Waals surface area contributed by atoms with Crippen molar-refractivity contribution in [2.24, 2.45) is 0 Å². The topological polar surface area (TPSA) is 70.8 Å². The average Bonchev–Trinajstić information content (AvgIpc) is 2.39. The van der Waals surface area contributed by atoms with Crippen molar-refractivity contribution in [2.75, 3.05) is 12.4 Å². The number of ether oxygens (including phenoxy) is 1. The average molecular weight is 226 g/mol. The Bertz CT molecular complexity index is 562. The van der Waals surface area contributed by atoms with Crippen molar-refractivity contribution in [3.63, 3.8) is 0 Å². The molecule has 1 aromatic carbocycles. The third-order valence-corrected chi connectivity index (χ3v) is 2.12. The molecule has 0 atom stereocenters. The molecule has 2 rings (SSSR count). The summed E-state index contributed by atoms with van der Waals surface area (Å²) in [5, 5.41) is 11.8. The molecule has 1 N–H and O–H groups in total. The van der Waals surface area contributed by atoms with Crippen LogP contribution in [0.1, 0.15) is 5.69 Å². The number of rotatable bonds is 3. The molecule has 0 aliphatic rings. The third kappa shape index (κ3) is 2.69. The number of aromatic nitrogens is 2. The third-order valence-electron chi connectivity index (χ3n) is 2.12. The predicted molar refractivity (Wildman–Crippen MR) is 63.0 cm³/mol. The van der Waals surface area contributed by atoms with Crippen LogP contribution in [0.4, 0.5) is 11.5 Å². The highest BCUT2D eigenvalue weighted by molar-refractivity contribution is 5.58. The number of nitrogens with one attached hydrogen (secondary N) is 1. The van der Waals surface area contributed by atoms with Crippen molar-refractivity contribution >= 4 is 11.5 Å². The van der Waals surface area contributed by atoms with Crippen LogP contribution >= 0.6 is 0 Å². The van der Waals surface area contributed by atoms with Gasteiger partial charge in [-0.1, -0.05) is 6.07 Å². The van der Waals surface area contributed by atoms with Crippen molar-refractivity contribution in [3.8, 4) is 11.8 Å². The van der Waals surface area contributed by atoms with E-state index in [1.165, 1.54) is 6.33 Å². The molecule has 5 heteroatoms. The van der Waals surface area contributed by atoms with E-state index in [9.17, 15) is 0 Å². The molecule has 1 aromatic heterocycles. The van der Waals surface area contributed by atoms with Crippen LogP contribution in [0, 0.1) is 11.3 Å². The predicted octanol–water partition coefficient (Wildman–Crippen LogP) is 2.10. The van der Waals surface area contributed by atoms with Crippen LogP contribution in [-0.4, -0.2) is 17.1 Å². The fraction of sp³-hybridized carbons (Fsp3) is 0.0833. The Labute approximate surface area is 98.7 Å². The van der Waals surface area contributed by atoms with Crippen LogP contribution in [0.5, 0.6) is 5.75 Å². The SMILES string of the molecule is COc1cccc(Nc2cc(C#N)ncn2)c1. The molecule has 17 heavy (non-hydrogen) atoms. The minimum Gasteiger partial charge on any atom is -0.497 e. The van der Waals surface area contributed by atoms with E-state index in [2.05, 4.69) is 15.3 Å². The molecule has 0 aliphatic carbocycles. The van der Waals surface area contributed by atoms with Gasteiger partial charge in [-0.05, 0) is 12.1 Å². The van der Waals surface area contributed by atoms with Gasteiger partial charge in [0.1, 0.15) is 29.7 Å².